The predicted molar refractivity (Wildman–Crippen MR) is 79.6 cm³/mol. The maximum absolute atomic E-state index is 10.8. The molecule has 0 heterocycles. The van der Waals surface area contributed by atoms with Crippen molar-refractivity contribution in [2.24, 2.45) is 0 Å². The minimum absolute atomic E-state index is 0.0587. The van der Waals surface area contributed by atoms with Gasteiger partial charge >= 0.3 is 0 Å². The lowest BCUT2D eigenvalue weighted by Gasteiger charge is -2.10. The van der Waals surface area contributed by atoms with Crippen LogP contribution >= 0.6 is 0 Å². The van der Waals surface area contributed by atoms with Crippen LogP contribution in [0.25, 0.3) is 0 Å². The van der Waals surface area contributed by atoms with Gasteiger partial charge in [0.05, 0.1) is 24.7 Å². The minimum atomic E-state index is -0.415. The molecular weight excluding hydrogens is 276 g/mol. The van der Waals surface area contributed by atoms with E-state index in [1.54, 1.807) is 20.2 Å². The summed E-state index contributed by atoms with van der Waals surface area (Å²) in [7, 11) is 3.42. The molecule has 1 rings (SSSR count). The summed E-state index contributed by atoms with van der Waals surface area (Å²) in [4.78, 5) is 10.4. The van der Waals surface area contributed by atoms with Gasteiger partial charge in [-0.15, -0.1) is 0 Å². The van der Waals surface area contributed by atoms with Crippen LogP contribution in [-0.4, -0.2) is 45.5 Å². The largest absolute Gasteiger partial charge is 0.388 e. The Morgan fingerprint density at radius 1 is 1.19 bits per heavy atom. The lowest BCUT2D eigenvalue weighted by atomic mass is 10.1. The van der Waals surface area contributed by atoms with Crippen molar-refractivity contribution >= 4 is 11.4 Å². The first-order valence-electron chi connectivity index (χ1n) is 6.78. The number of nitro benzene ring substituents is 1. The number of non-ortho nitro benzene ring substituents is 1. The van der Waals surface area contributed by atoms with E-state index in [2.05, 4.69) is 5.32 Å². The Morgan fingerprint density at radius 3 is 2.62 bits per heavy atom. The SMILES string of the molecule is CNc1ccc([N+](=O)[O-])cc1COCCOCCCOC. The molecule has 0 unspecified atom stereocenters. The van der Waals surface area contributed by atoms with E-state index in [9.17, 15) is 10.1 Å². The molecule has 1 N–H and O–H groups in total. The van der Waals surface area contributed by atoms with Crippen LogP contribution in [0.15, 0.2) is 18.2 Å². The quantitative estimate of drug-likeness (QED) is 0.383. The first-order valence-corrected chi connectivity index (χ1v) is 6.78. The van der Waals surface area contributed by atoms with Crippen molar-refractivity contribution in [3.8, 4) is 0 Å². The second kappa shape index (κ2) is 10.1. The number of nitro groups is 1. The molecule has 0 amide bonds. The number of hydrogen-bond donors (Lipinski definition) is 1. The average Bonchev–Trinajstić information content (AvgIpc) is 2.49. The Morgan fingerprint density at radius 2 is 1.95 bits per heavy atom. The zero-order chi connectivity index (χ0) is 15.5. The van der Waals surface area contributed by atoms with E-state index in [1.807, 2.05) is 0 Å². The van der Waals surface area contributed by atoms with Crippen molar-refractivity contribution in [2.45, 2.75) is 13.0 Å². The van der Waals surface area contributed by atoms with Gasteiger partial charge < -0.3 is 19.5 Å². The molecule has 0 aliphatic carbocycles. The Balaban J connectivity index is 2.33. The van der Waals surface area contributed by atoms with Gasteiger partial charge in [-0.3, -0.25) is 10.1 Å². The van der Waals surface area contributed by atoms with Gasteiger partial charge in [-0.2, -0.15) is 0 Å². The van der Waals surface area contributed by atoms with E-state index < -0.39 is 4.92 Å². The van der Waals surface area contributed by atoms with Gasteiger partial charge in [0.25, 0.3) is 5.69 Å². The van der Waals surface area contributed by atoms with Gasteiger partial charge in [-0.1, -0.05) is 0 Å². The number of methoxy groups -OCH3 is 1. The highest BCUT2D eigenvalue weighted by Gasteiger charge is 2.10. The van der Waals surface area contributed by atoms with E-state index in [-0.39, 0.29) is 5.69 Å². The van der Waals surface area contributed by atoms with Crippen LogP contribution in [0.2, 0.25) is 0 Å². The summed E-state index contributed by atoms with van der Waals surface area (Å²) in [6.45, 7) is 2.56. The van der Waals surface area contributed by atoms with Gasteiger partial charge in [0.2, 0.25) is 0 Å². The third kappa shape index (κ3) is 6.52. The maximum Gasteiger partial charge on any atom is 0.269 e. The third-order valence-corrected chi connectivity index (χ3v) is 2.84. The summed E-state index contributed by atoms with van der Waals surface area (Å²) < 4.78 is 15.8. The van der Waals surface area contributed by atoms with Crippen molar-refractivity contribution in [3.63, 3.8) is 0 Å². The van der Waals surface area contributed by atoms with E-state index in [0.29, 0.717) is 33.0 Å². The summed E-state index contributed by atoms with van der Waals surface area (Å²) in [6, 6.07) is 4.66. The lowest BCUT2D eigenvalue weighted by molar-refractivity contribution is -0.384. The molecule has 0 spiro atoms. The number of nitrogens with one attached hydrogen (secondary N) is 1. The molecule has 7 nitrogen and oxygen atoms in total. The highest BCUT2D eigenvalue weighted by atomic mass is 16.6. The Labute approximate surface area is 124 Å². The third-order valence-electron chi connectivity index (χ3n) is 2.84. The van der Waals surface area contributed by atoms with Crippen LogP contribution in [-0.2, 0) is 20.8 Å². The van der Waals surface area contributed by atoms with Gasteiger partial charge in [-0.05, 0) is 12.5 Å². The van der Waals surface area contributed by atoms with E-state index in [4.69, 9.17) is 14.2 Å². The number of anilines is 1. The molecule has 7 heteroatoms. The molecule has 0 radical (unpaired) electrons. The maximum atomic E-state index is 10.8. The molecule has 0 aliphatic rings. The normalized spacial score (nSPS) is 10.6. The summed E-state index contributed by atoms with van der Waals surface area (Å²) in [5, 5.41) is 13.8. The van der Waals surface area contributed by atoms with Crippen LogP contribution in [0.3, 0.4) is 0 Å². The number of benzene rings is 1. The number of ether oxygens (including phenoxy) is 3. The van der Waals surface area contributed by atoms with Crippen LogP contribution in [0.5, 0.6) is 0 Å². The topological polar surface area (TPSA) is 82.9 Å². The molecule has 0 saturated carbocycles. The van der Waals surface area contributed by atoms with Crippen LogP contribution in [0, 0.1) is 10.1 Å². The van der Waals surface area contributed by atoms with Crippen molar-refractivity contribution in [1.29, 1.82) is 0 Å². The van der Waals surface area contributed by atoms with Gasteiger partial charge in [0, 0.05) is 50.8 Å². The molecule has 118 valence electrons. The molecule has 1 aromatic carbocycles. The first-order chi connectivity index (χ1) is 10.2. The fourth-order valence-corrected chi connectivity index (χ4v) is 1.76. The van der Waals surface area contributed by atoms with Crippen molar-refractivity contribution in [2.75, 3.05) is 45.9 Å². The number of hydrogen-bond acceptors (Lipinski definition) is 6. The second-order valence-corrected chi connectivity index (χ2v) is 4.36. The minimum Gasteiger partial charge on any atom is -0.388 e. The molecule has 21 heavy (non-hydrogen) atoms. The molecule has 0 saturated heterocycles. The lowest BCUT2D eigenvalue weighted by Crippen LogP contribution is -2.07. The summed E-state index contributed by atoms with van der Waals surface area (Å²) in [6.07, 6.45) is 0.852. The molecular formula is C14H22N2O5. The van der Waals surface area contributed by atoms with Gasteiger partial charge in [0.1, 0.15) is 0 Å². The average molecular weight is 298 g/mol. The zero-order valence-electron chi connectivity index (χ0n) is 12.5. The first kappa shape index (κ1) is 17.4. The fraction of sp³-hybridized carbons (Fsp3) is 0.571. The molecule has 0 aromatic heterocycles. The molecule has 0 fully saturated rings. The number of nitrogens with zero attached hydrogens (tertiary/aromatic N) is 1. The summed E-state index contributed by atoms with van der Waals surface area (Å²) in [5.41, 5.74) is 1.64. The van der Waals surface area contributed by atoms with E-state index in [0.717, 1.165) is 17.7 Å². The predicted octanol–water partition coefficient (Wildman–Crippen LogP) is 2.21. The zero-order valence-corrected chi connectivity index (χ0v) is 12.5. The second-order valence-electron chi connectivity index (χ2n) is 4.36. The monoisotopic (exact) mass is 298 g/mol. The summed E-state index contributed by atoms with van der Waals surface area (Å²) >= 11 is 0. The van der Waals surface area contributed by atoms with Gasteiger partial charge in [0.15, 0.2) is 0 Å². The molecule has 0 aliphatic heterocycles. The standard InChI is InChI=1S/C14H22N2O5/c1-15-14-5-4-13(16(17)18)10-12(14)11-21-9-8-20-7-3-6-19-2/h4-5,10,15H,3,6-9,11H2,1-2H3. The van der Waals surface area contributed by atoms with Crippen LogP contribution < -0.4 is 5.32 Å². The number of rotatable bonds is 11. The van der Waals surface area contributed by atoms with E-state index >= 15 is 0 Å². The Bertz CT molecular complexity index is 439. The fourth-order valence-electron chi connectivity index (χ4n) is 1.76. The van der Waals surface area contributed by atoms with Crippen molar-refractivity contribution in [3.05, 3.63) is 33.9 Å². The van der Waals surface area contributed by atoms with Crippen LogP contribution in [0.1, 0.15) is 12.0 Å². The van der Waals surface area contributed by atoms with Crippen molar-refractivity contribution in [1.82, 2.24) is 0 Å². The Hall–Kier alpha value is -1.70. The smallest absolute Gasteiger partial charge is 0.269 e. The Kier molecular flexibility index (Phi) is 8.34. The summed E-state index contributed by atoms with van der Waals surface area (Å²) in [5.74, 6) is 0. The molecule has 0 atom stereocenters. The van der Waals surface area contributed by atoms with Crippen molar-refractivity contribution < 1.29 is 19.1 Å². The van der Waals surface area contributed by atoms with E-state index in [1.165, 1.54) is 12.1 Å². The van der Waals surface area contributed by atoms with Crippen LogP contribution in [0.4, 0.5) is 11.4 Å². The highest BCUT2D eigenvalue weighted by molar-refractivity contribution is 5.55. The molecule has 1 aromatic rings. The van der Waals surface area contributed by atoms with Gasteiger partial charge in [-0.25, -0.2) is 0 Å². The molecule has 0 bridgehead atoms. The highest BCUT2D eigenvalue weighted by Crippen LogP contribution is 2.22.